The lowest BCUT2D eigenvalue weighted by Gasteiger charge is -2.34. The van der Waals surface area contributed by atoms with Gasteiger partial charge in [0.05, 0.1) is 55.2 Å². The van der Waals surface area contributed by atoms with E-state index in [1.54, 1.807) is 0 Å². The Morgan fingerprint density at radius 3 is 1.28 bits per heavy atom. The Morgan fingerprint density at radius 1 is 0.404 bits per heavy atom. The number of hydrogen-bond donors (Lipinski definition) is 0. The van der Waals surface area contributed by atoms with Gasteiger partial charge in [0.15, 0.2) is 8.07 Å². The summed E-state index contributed by atoms with van der Waals surface area (Å²) in [6.07, 6.45) is 0. The van der Waals surface area contributed by atoms with Gasteiger partial charge in [-0.25, -0.2) is 4.98 Å². The SMILES string of the molecule is [2H]c1c([2H])c(-c2cc(-n3c4c([2H])c([2H])c([2H])c([2H])c4c4c([2H])c([2H])c([2H])c([2H])c43)nc(-n3c4c([2H])c([2H])c([2H])c([2H])c4c4c([2H])c([2H])c([2H])c([2H])c43)n2)c([2H])c([Si](c2ccccc2)(c2ccccc2)c2ccccc2)c1[2H]. The zero-order valence-electron chi connectivity index (χ0n) is 49.5. The van der Waals surface area contributed by atoms with Gasteiger partial charge in [-0.2, -0.15) is 4.98 Å². The van der Waals surface area contributed by atoms with E-state index in [0.717, 1.165) is 9.13 Å². The van der Waals surface area contributed by atoms with Crippen LogP contribution in [0.5, 0.6) is 0 Å². The van der Waals surface area contributed by atoms with Gasteiger partial charge >= 0.3 is 0 Å². The molecule has 0 N–H and O–H groups in total. The van der Waals surface area contributed by atoms with Crippen molar-refractivity contribution in [3.63, 3.8) is 0 Å². The fraction of sp³-hybridized carbons (Fsp3) is 0. The molecule has 0 radical (unpaired) electrons. The molecule has 11 rings (SSSR count). The van der Waals surface area contributed by atoms with Gasteiger partial charge in [0.1, 0.15) is 5.82 Å². The lowest BCUT2D eigenvalue weighted by molar-refractivity contribution is 0.952. The topological polar surface area (TPSA) is 35.6 Å². The monoisotopic (exact) mass is 764 g/mol. The Hall–Kier alpha value is -7.34. The second kappa shape index (κ2) is 13.4. The van der Waals surface area contributed by atoms with Crippen molar-refractivity contribution in [2.24, 2.45) is 0 Å². The number of nitrogens with zero attached hydrogens (tertiary/aromatic N) is 4. The first kappa shape index (κ1) is 18.5. The van der Waals surface area contributed by atoms with Gasteiger partial charge in [0.25, 0.3) is 0 Å². The highest BCUT2D eigenvalue weighted by Crippen LogP contribution is 2.35. The number of rotatable bonds is 7. The summed E-state index contributed by atoms with van der Waals surface area (Å²) >= 11 is 0. The first-order valence-corrected chi connectivity index (χ1v) is 19.8. The molecular formula is C52H36N4Si. The average Bonchev–Trinajstić information content (AvgIpc) is 4.00. The molecule has 8 aromatic carbocycles. The van der Waals surface area contributed by atoms with Crippen LogP contribution in [0, 0.1) is 0 Å². The number of aromatic nitrogens is 4. The maximum atomic E-state index is 10.5. The molecule has 0 aliphatic carbocycles. The molecule has 0 aliphatic heterocycles. The molecule has 3 aromatic heterocycles. The molecule has 0 bridgehead atoms. The molecule has 4 nitrogen and oxygen atoms in total. The third kappa shape index (κ3) is 5.20. The quantitative estimate of drug-likeness (QED) is 0.120. The second-order valence-corrected chi connectivity index (χ2v) is 16.8. The van der Waals surface area contributed by atoms with Crippen LogP contribution < -0.4 is 20.7 Å². The van der Waals surface area contributed by atoms with Crippen molar-refractivity contribution in [1.29, 1.82) is 0 Å². The standard InChI is InChI=1S/C52H36N4Si/c1-4-20-38(21-5-1)57(39-22-6-2-7-23-39,40-24-8-3-9-25-40)41-26-18-19-37(35-41)46-36-51(55-47-31-14-10-27-42(47)43-28-11-15-32-48(43)55)54-52(53-46)56-49-33-16-12-29-44(49)45-30-13-17-34-50(45)56/h1-36H/i10D,11D,12D,13D,14D,15D,16D,17D,18D,19D,26D,27D,28D,29D,30D,31D,32D,33D,34D,35D. The van der Waals surface area contributed by atoms with Crippen LogP contribution in [0.2, 0.25) is 0 Å². The predicted molar refractivity (Wildman–Crippen MR) is 240 cm³/mol. The molecule has 0 saturated heterocycles. The molecular weight excluding hydrogens is 709 g/mol. The number of fused-ring (bicyclic) bond motifs is 6. The Balaban J connectivity index is 1.41. The van der Waals surface area contributed by atoms with Gasteiger partial charge in [-0.1, -0.05) is 188 Å². The van der Waals surface area contributed by atoms with Crippen LogP contribution in [-0.2, 0) is 0 Å². The van der Waals surface area contributed by atoms with Crippen LogP contribution in [0.1, 0.15) is 27.4 Å². The van der Waals surface area contributed by atoms with Crippen LogP contribution in [-0.4, -0.2) is 27.2 Å². The van der Waals surface area contributed by atoms with Crippen LogP contribution in [0.4, 0.5) is 0 Å². The zero-order valence-corrected chi connectivity index (χ0v) is 30.5. The van der Waals surface area contributed by atoms with Crippen molar-refractivity contribution < 1.29 is 27.4 Å². The molecule has 0 aliphatic rings. The smallest absolute Gasteiger partial charge is 0.237 e. The summed E-state index contributed by atoms with van der Waals surface area (Å²) in [7, 11) is -3.96. The molecule has 57 heavy (non-hydrogen) atoms. The van der Waals surface area contributed by atoms with Gasteiger partial charge in [-0.05, 0) is 44.9 Å². The van der Waals surface area contributed by atoms with E-state index in [1.807, 2.05) is 91.0 Å². The summed E-state index contributed by atoms with van der Waals surface area (Å²) in [6, 6.07) is 14.6. The summed E-state index contributed by atoms with van der Waals surface area (Å²) in [5.41, 5.74) is -2.54. The minimum Gasteiger partial charge on any atom is -0.294 e. The summed E-state index contributed by atoms with van der Waals surface area (Å²) < 4.78 is 185. The van der Waals surface area contributed by atoms with E-state index in [9.17, 15) is 11.0 Å². The van der Waals surface area contributed by atoms with Crippen LogP contribution in [0.3, 0.4) is 0 Å². The summed E-state index contributed by atoms with van der Waals surface area (Å²) in [4.78, 5) is 9.76. The molecule has 268 valence electrons. The zero-order chi connectivity index (χ0) is 55.2. The normalized spacial score (nSPS) is 16.8. The Bertz CT molecular complexity index is 3970. The number of hydrogen-bond acceptors (Lipinski definition) is 2. The summed E-state index contributed by atoms with van der Waals surface area (Å²) in [6.45, 7) is 0. The van der Waals surface area contributed by atoms with E-state index in [4.69, 9.17) is 26.4 Å². The predicted octanol–water partition coefficient (Wildman–Crippen LogP) is 9.72. The summed E-state index contributed by atoms with van der Waals surface area (Å²) in [5, 5.41) is 0.681. The number of benzene rings is 8. The molecule has 0 saturated carbocycles. The third-order valence-electron chi connectivity index (χ3n) is 10.1. The fourth-order valence-electron chi connectivity index (χ4n) is 7.69. The van der Waals surface area contributed by atoms with Gasteiger partial charge in [0.2, 0.25) is 5.95 Å². The van der Waals surface area contributed by atoms with E-state index in [1.165, 1.54) is 6.07 Å². The Labute approximate surface area is 359 Å². The van der Waals surface area contributed by atoms with Crippen LogP contribution >= 0.6 is 0 Å². The maximum Gasteiger partial charge on any atom is 0.237 e. The minimum atomic E-state index is -3.96. The highest BCUT2D eigenvalue weighted by Gasteiger charge is 2.41. The third-order valence-corrected chi connectivity index (χ3v) is 14.7. The molecule has 0 atom stereocenters. The minimum absolute atomic E-state index is 0.0407. The van der Waals surface area contributed by atoms with Gasteiger partial charge in [-0.3, -0.25) is 9.13 Å². The maximum absolute atomic E-state index is 10.5. The number of para-hydroxylation sites is 4. The van der Waals surface area contributed by atoms with E-state index in [2.05, 4.69) is 0 Å². The van der Waals surface area contributed by atoms with E-state index in [0.29, 0.717) is 15.6 Å². The van der Waals surface area contributed by atoms with Crippen LogP contribution in [0.15, 0.2) is 218 Å². The fourth-order valence-corrected chi connectivity index (χ4v) is 12.2. The molecule has 5 heteroatoms. The average molecular weight is 765 g/mol. The Kier molecular flexibility index (Phi) is 4.37. The van der Waals surface area contributed by atoms with Crippen molar-refractivity contribution in [2.75, 3.05) is 0 Å². The van der Waals surface area contributed by atoms with Crippen molar-refractivity contribution in [1.82, 2.24) is 19.1 Å². The second-order valence-electron chi connectivity index (χ2n) is 13.1. The molecule has 3 heterocycles. The molecule has 0 unspecified atom stereocenters. The van der Waals surface area contributed by atoms with Crippen molar-refractivity contribution in [2.45, 2.75) is 0 Å². The van der Waals surface area contributed by atoms with Gasteiger partial charge < -0.3 is 0 Å². The first-order chi connectivity index (χ1) is 36.6. The van der Waals surface area contributed by atoms with Crippen molar-refractivity contribution in [3.8, 4) is 23.0 Å². The molecule has 11 aromatic rings. The molecule has 0 spiro atoms. The van der Waals surface area contributed by atoms with Gasteiger partial charge in [0, 0.05) is 33.2 Å². The van der Waals surface area contributed by atoms with Crippen molar-refractivity contribution >= 4 is 72.4 Å². The van der Waals surface area contributed by atoms with Gasteiger partial charge in [-0.15, -0.1) is 0 Å². The van der Waals surface area contributed by atoms with E-state index in [-0.39, 0.29) is 26.7 Å². The summed E-state index contributed by atoms with van der Waals surface area (Å²) in [5.74, 6) is -1.14. The molecule has 0 fully saturated rings. The lowest BCUT2D eigenvalue weighted by Crippen LogP contribution is -2.74. The van der Waals surface area contributed by atoms with E-state index >= 15 is 0 Å². The largest absolute Gasteiger partial charge is 0.294 e. The Morgan fingerprint density at radius 2 is 0.825 bits per heavy atom. The lowest BCUT2D eigenvalue weighted by atomic mass is 10.1. The van der Waals surface area contributed by atoms with Crippen LogP contribution in [0.25, 0.3) is 66.6 Å². The molecule has 0 amide bonds. The van der Waals surface area contributed by atoms with Crippen molar-refractivity contribution in [3.05, 3.63) is 218 Å². The first-order valence-electron chi connectivity index (χ1n) is 27.8. The van der Waals surface area contributed by atoms with E-state index < -0.39 is 174 Å². The highest BCUT2D eigenvalue weighted by atomic mass is 28.3. The highest BCUT2D eigenvalue weighted by molar-refractivity contribution is 7.19.